The number of carbonyl (C=O) groups is 1. The molecule has 2 aliphatic heterocycles. The molecule has 2 aromatic carbocycles. The van der Waals surface area contributed by atoms with Gasteiger partial charge < -0.3 is 4.90 Å². The van der Waals surface area contributed by atoms with Gasteiger partial charge in [-0.1, -0.05) is 30.0 Å². The zero-order valence-corrected chi connectivity index (χ0v) is 19.6. The molecule has 0 aliphatic carbocycles. The molecule has 1 amide bonds. The van der Waals surface area contributed by atoms with Crippen LogP contribution in [0.1, 0.15) is 30.7 Å². The summed E-state index contributed by atoms with van der Waals surface area (Å²) in [6, 6.07) is 14.7. The van der Waals surface area contributed by atoms with Crippen LogP contribution in [0, 0.1) is 10.1 Å². The normalized spacial score (nSPS) is 15.9. The van der Waals surface area contributed by atoms with Gasteiger partial charge in [-0.15, -0.1) is 10.2 Å². The van der Waals surface area contributed by atoms with E-state index in [9.17, 15) is 14.9 Å². The molecule has 2 aliphatic rings. The number of likely N-dealkylation sites (tertiary alicyclic amines) is 1. The van der Waals surface area contributed by atoms with Crippen molar-refractivity contribution in [2.24, 2.45) is 0 Å². The van der Waals surface area contributed by atoms with Gasteiger partial charge in [0.25, 0.3) is 5.69 Å². The summed E-state index contributed by atoms with van der Waals surface area (Å²) in [6.07, 6.45) is 3.92. The lowest BCUT2D eigenvalue weighted by atomic mass is 10.0. The SMILES string of the molecule is O=C(CSc1nnc(CN2CCCC2)n1-c1ccccc1)N1CCCc2cc([N+](=O)[O-])ccc21. The lowest BCUT2D eigenvalue weighted by Crippen LogP contribution is -2.36. The van der Waals surface area contributed by atoms with E-state index in [-0.39, 0.29) is 17.3 Å². The van der Waals surface area contributed by atoms with Crippen LogP contribution in [0.2, 0.25) is 0 Å². The number of rotatable bonds is 7. The average Bonchev–Trinajstić information content (AvgIpc) is 3.52. The number of benzene rings is 2. The minimum atomic E-state index is -0.396. The molecule has 0 spiro atoms. The Morgan fingerprint density at radius 3 is 2.59 bits per heavy atom. The van der Waals surface area contributed by atoms with Crippen molar-refractivity contribution in [3.8, 4) is 5.69 Å². The van der Waals surface area contributed by atoms with Crippen molar-refractivity contribution in [2.75, 3.05) is 30.3 Å². The standard InChI is InChI=1S/C24H26N6O3S/c31-23(28-14-6-7-18-15-20(30(32)33)10-11-21(18)28)17-34-24-26-25-22(16-27-12-4-5-13-27)29(24)19-8-2-1-3-9-19/h1-3,8-11,15H,4-7,12-14,16-17H2. The molecule has 34 heavy (non-hydrogen) atoms. The summed E-state index contributed by atoms with van der Waals surface area (Å²) in [7, 11) is 0. The number of nitro groups is 1. The lowest BCUT2D eigenvalue weighted by Gasteiger charge is -2.29. The van der Waals surface area contributed by atoms with E-state index in [1.54, 1.807) is 17.0 Å². The second kappa shape index (κ2) is 9.94. The molecule has 0 unspecified atom stereocenters. The first-order valence-corrected chi connectivity index (χ1v) is 12.5. The molecule has 0 N–H and O–H groups in total. The van der Waals surface area contributed by atoms with Crippen LogP contribution < -0.4 is 4.90 Å². The summed E-state index contributed by atoms with van der Waals surface area (Å²) in [4.78, 5) is 28.0. The van der Waals surface area contributed by atoms with Gasteiger partial charge in [0.2, 0.25) is 5.91 Å². The van der Waals surface area contributed by atoms with E-state index < -0.39 is 4.92 Å². The maximum Gasteiger partial charge on any atom is 0.269 e. The molecule has 176 valence electrons. The van der Waals surface area contributed by atoms with Crippen molar-refractivity contribution in [1.82, 2.24) is 19.7 Å². The Bertz CT molecular complexity index is 1190. The highest BCUT2D eigenvalue weighted by Gasteiger charge is 2.26. The molecule has 9 nitrogen and oxygen atoms in total. The summed E-state index contributed by atoms with van der Waals surface area (Å²) < 4.78 is 2.05. The monoisotopic (exact) mass is 478 g/mol. The third-order valence-corrected chi connectivity index (χ3v) is 7.21. The minimum absolute atomic E-state index is 0.0384. The minimum Gasteiger partial charge on any atom is -0.311 e. The van der Waals surface area contributed by atoms with Crippen molar-refractivity contribution in [3.05, 3.63) is 70.0 Å². The van der Waals surface area contributed by atoms with E-state index in [1.807, 2.05) is 34.9 Å². The fraction of sp³-hybridized carbons (Fsp3) is 0.375. The Hall–Kier alpha value is -3.24. The van der Waals surface area contributed by atoms with E-state index in [0.717, 1.165) is 55.2 Å². The molecule has 3 aromatic rings. The molecule has 0 saturated carbocycles. The molecule has 3 heterocycles. The third-order valence-electron chi connectivity index (χ3n) is 6.30. The number of non-ortho nitro benzene ring substituents is 1. The fourth-order valence-electron chi connectivity index (χ4n) is 4.63. The smallest absolute Gasteiger partial charge is 0.269 e. The van der Waals surface area contributed by atoms with Gasteiger partial charge in [-0.3, -0.25) is 24.4 Å². The number of fused-ring (bicyclic) bond motifs is 1. The van der Waals surface area contributed by atoms with Crippen LogP contribution >= 0.6 is 11.8 Å². The van der Waals surface area contributed by atoms with Gasteiger partial charge in [0.05, 0.1) is 17.2 Å². The van der Waals surface area contributed by atoms with Crippen LogP contribution in [-0.4, -0.2) is 55.9 Å². The topological polar surface area (TPSA) is 97.4 Å². The molecular formula is C24H26N6O3S. The van der Waals surface area contributed by atoms with Crippen LogP contribution in [0.4, 0.5) is 11.4 Å². The highest BCUT2D eigenvalue weighted by atomic mass is 32.2. The summed E-state index contributed by atoms with van der Waals surface area (Å²) in [6.45, 7) is 3.47. The number of thioether (sulfide) groups is 1. The van der Waals surface area contributed by atoms with Gasteiger partial charge in [0, 0.05) is 30.1 Å². The third kappa shape index (κ3) is 4.69. The Labute approximate surface area is 201 Å². The second-order valence-electron chi connectivity index (χ2n) is 8.56. The lowest BCUT2D eigenvalue weighted by molar-refractivity contribution is -0.384. The maximum atomic E-state index is 13.2. The molecule has 0 bridgehead atoms. The second-order valence-corrected chi connectivity index (χ2v) is 9.50. The number of para-hydroxylation sites is 1. The van der Waals surface area contributed by atoms with Crippen molar-refractivity contribution in [3.63, 3.8) is 0 Å². The average molecular weight is 479 g/mol. The Balaban J connectivity index is 1.35. The molecule has 5 rings (SSSR count). The number of nitro benzene ring substituents is 1. The van der Waals surface area contributed by atoms with Gasteiger partial charge in [0.1, 0.15) is 0 Å². The first-order chi connectivity index (χ1) is 16.6. The van der Waals surface area contributed by atoms with E-state index in [0.29, 0.717) is 11.7 Å². The molecule has 1 aromatic heterocycles. The van der Waals surface area contributed by atoms with Crippen LogP contribution in [0.25, 0.3) is 5.69 Å². The van der Waals surface area contributed by atoms with Crippen LogP contribution in [0.3, 0.4) is 0 Å². The van der Waals surface area contributed by atoms with Gasteiger partial charge in [0.15, 0.2) is 11.0 Å². The first kappa shape index (κ1) is 22.5. The van der Waals surface area contributed by atoms with Crippen LogP contribution in [-0.2, 0) is 17.8 Å². The zero-order chi connectivity index (χ0) is 23.5. The van der Waals surface area contributed by atoms with Crippen molar-refractivity contribution >= 4 is 29.0 Å². The summed E-state index contributed by atoms with van der Waals surface area (Å²) in [5.41, 5.74) is 2.65. The number of nitrogens with zero attached hydrogens (tertiary/aromatic N) is 6. The molecule has 0 radical (unpaired) electrons. The van der Waals surface area contributed by atoms with Gasteiger partial charge >= 0.3 is 0 Å². The van der Waals surface area contributed by atoms with Crippen molar-refractivity contribution in [1.29, 1.82) is 0 Å². The van der Waals surface area contributed by atoms with Gasteiger partial charge in [-0.2, -0.15) is 0 Å². The number of anilines is 1. The summed E-state index contributed by atoms with van der Waals surface area (Å²) in [5.74, 6) is 1.05. The number of hydrogen-bond donors (Lipinski definition) is 0. The summed E-state index contributed by atoms with van der Waals surface area (Å²) in [5, 5.41) is 20.7. The largest absolute Gasteiger partial charge is 0.311 e. The van der Waals surface area contributed by atoms with Gasteiger partial charge in [-0.05, 0) is 62.5 Å². The van der Waals surface area contributed by atoms with E-state index in [1.165, 1.54) is 30.7 Å². The number of hydrogen-bond acceptors (Lipinski definition) is 7. The Morgan fingerprint density at radius 2 is 1.82 bits per heavy atom. The molecule has 1 saturated heterocycles. The highest BCUT2D eigenvalue weighted by Crippen LogP contribution is 2.32. The number of carbonyl (C=O) groups excluding carboxylic acids is 1. The van der Waals surface area contributed by atoms with E-state index >= 15 is 0 Å². The molecule has 10 heteroatoms. The van der Waals surface area contributed by atoms with Gasteiger partial charge in [-0.25, -0.2) is 0 Å². The quantitative estimate of drug-likeness (QED) is 0.289. The van der Waals surface area contributed by atoms with E-state index in [2.05, 4.69) is 15.1 Å². The first-order valence-electron chi connectivity index (χ1n) is 11.5. The zero-order valence-electron chi connectivity index (χ0n) is 18.8. The molecule has 0 atom stereocenters. The predicted molar refractivity (Wildman–Crippen MR) is 130 cm³/mol. The van der Waals surface area contributed by atoms with Crippen molar-refractivity contribution < 1.29 is 9.72 Å². The number of aromatic nitrogens is 3. The maximum absolute atomic E-state index is 13.2. The van der Waals surface area contributed by atoms with E-state index in [4.69, 9.17) is 0 Å². The predicted octanol–water partition coefficient (Wildman–Crippen LogP) is 3.84. The number of amides is 1. The molecular weight excluding hydrogens is 452 g/mol. The fourth-order valence-corrected chi connectivity index (χ4v) is 5.48. The van der Waals surface area contributed by atoms with Crippen molar-refractivity contribution in [2.45, 2.75) is 37.4 Å². The number of aryl methyl sites for hydroxylation is 1. The Morgan fingerprint density at radius 1 is 1.03 bits per heavy atom. The molecule has 1 fully saturated rings. The Kier molecular flexibility index (Phi) is 6.59. The van der Waals surface area contributed by atoms with Crippen LogP contribution in [0.5, 0.6) is 0 Å². The highest BCUT2D eigenvalue weighted by molar-refractivity contribution is 7.99. The van der Waals surface area contributed by atoms with Crippen LogP contribution in [0.15, 0.2) is 53.7 Å². The summed E-state index contributed by atoms with van der Waals surface area (Å²) >= 11 is 1.38.